The Bertz CT molecular complexity index is 231. The second-order valence-corrected chi connectivity index (χ2v) is 2.63. The predicted octanol–water partition coefficient (Wildman–Crippen LogP) is 1.54. The summed E-state index contributed by atoms with van der Waals surface area (Å²) in [6.45, 7) is 2.96. The van der Waals surface area contributed by atoms with Crippen LogP contribution < -0.4 is 0 Å². The Kier molecular flexibility index (Phi) is 2.74. The Morgan fingerprint density at radius 2 is 2.55 bits per heavy atom. The average molecular weight is 148 g/mol. The van der Waals surface area contributed by atoms with E-state index in [1.807, 2.05) is 23.9 Å². The third-order valence-electron chi connectivity index (χ3n) is 1.63. The van der Waals surface area contributed by atoms with Crippen molar-refractivity contribution >= 4 is 0 Å². The molecule has 0 saturated heterocycles. The van der Waals surface area contributed by atoms with E-state index in [1.165, 1.54) is 0 Å². The van der Waals surface area contributed by atoms with Crippen molar-refractivity contribution in [1.29, 1.82) is 0 Å². The van der Waals surface area contributed by atoms with Crippen LogP contribution in [-0.2, 0) is 6.54 Å². The van der Waals surface area contributed by atoms with E-state index in [0.717, 1.165) is 13.0 Å². The molecule has 1 heterocycles. The van der Waals surface area contributed by atoms with Crippen LogP contribution in [0.2, 0.25) is 0 Å². The van der Waals surface area contributed by atoms with E-state index in [4.69, 9.17) is 6.42 Å². The molecule has 1 unspecified atom stereocenters. The first-order chi connectivity index (χ1) is 5.33. The van der Waals surface area contributed by atoms with Crippen LogP contribution in [0.3, 0.4) is 0 Å². The first kappa shape index (κ1) is 7.87. The summed E-state index contributed by atoms with van der Waals surface area (Å²) < 4.78 is 1.90. The van der Waals surface area contributed by atoms with Crippen LogP contribution in [0, 0.1) is 18.3 Å². The molecule has 1 rings (SSSR count). The third-order valence-corrected chi connectivity index (χ3v) is 1.63. The summed E-state index contributed by atoms with van der Waals surface area (Å²) in [6, 6.07) is 1.92. The van der Waals surface area contributed by atoms with Gasteiger partial charge in [0.25, 0.3) is 0 Å². The van der Waals surface area contributed by atoms with E-state index in [2.05, 4.69) is 11.0 Å². The lowest BCUT2D eigenvalue weighted by atomic mass is 10.1. The molecule has 0 amide bonds. The summed E-state index contributed by atoms with van der Waals surface area (Å²) in [7, 11) is 0. The van der Waals surface area contributed by atoms with E-state index in [1.54, 1.807) is 6.20 Å². The lowest BCUT2D eigenvalue weighted by Gasteiger charge is -2.02. The molecule has 1 aromatic heterocycles. The molecule has 0 radical (unpaired) electrons. The molecule has 0 saturated carbocycles. The zero-order chi connectivity index (χ0) is 8.10. The van der Waals surface area contributed by atoms with E-state index in [9.17, 15) is 0 Å². The minimum absolute atomic E-state index is 0.346. The Balaban J connectivity index is 2.30. The van der Waals surface area contributed by atoms with Crippen LogP contribution >= 0.6 is 0 Å². The van der Waals surface area contributed by atoms with Gasteiger partial charge < -0.3 is 0 Å². The minimum Gasteiger partial charge on any atom is -0.273 e. The van der Waals surface area contributed by atoms with Gasteiger partial charge in [0.05, 0.1) is 0 Å². The van der Waals surface area contributed by atoms with Gasteiger partial charge in [-0.1, -0.05) is 6.92 Å². The molecule has 0 aliphatic carbocycles. The summed E-state index contributed by atoms with van der Waals surface area (Å²) in [6.07, 6.45) is 9.96. The van der Waals surface area contributed by atoms with Crippen molar-refractivity contribution < 1.29 is 0 Å². The van der Waals surface area contributed by atoms with Crippen molar-refractivity contribution in [2.45, 2.75) is 19.9 Å². The average Bonchev–Trinajstić information content (AvgIpc) is 2.52. The minimum atomic E-state index is 0.346. The van der Waals surface area contributed by atoms with Crippen molar-refractivity contribution in [2.75, 3.05) is 0 Å². The highest BCUT2D eigenvalue weighted by atomic mass is 15.3. The molecule has 0 N–H and O–H groups in total. The number of rotatable bonds is 3. The monoisotopic (exact) mass is 148 g/mol. The zero-order valence-electron chi connectivity index (χ0n) is 6.70. The molecule has 0 aromatic carbocycles. The Morgan fingerprint density at radius 3 is 3.09 bits per heavy atom. The predicted molar refractivity (Wildman–Crippen MR) is 44.8 cm³/mol. The number of aryl methyl sites for hydroxylation is 1. The van der Waals surface area contributed by atoms with Gasteiger partial charge in [0, 0.05) is 24.9 Å². The SMILES string of the molecule is C#CC(C)CCn1cccn1. The van der Waals surface area contributed by atoms with Gasteiger partial charge >= 0.3 is 0 Å². The Morgan fingerprint density at radius 1 is 1.73 bits per heavy atom. The molecular formula is C9H12N2. The first-order valence-corrected chi connectivity index (χ1v) is 3.76. The maximum absolute atomic E-state index is 5.23. The molecule has 2 nitrogen and oxygen atoms in total. The highest BCUT2D eigenvalue weighted by Crippen LogP contribution is 2.00. The molecule has 11 heavy (non-hydrogen) atoms. The maximum Gasteiger partial charge on any atom is 0.0489 e. The number of nitrogens with zero attached hydrogens (tertiary/aromatic N) is 2. The zero-order valence-corrected chi connectivity index (χ0v) is 6.70. The van der Waals surface area contributed by atoms with Crippen molar-refractivity contribution in [3.63, 3.8) is 0 Å². The number of terminal acetylenes is 1. The quantitative estimate of drug-likeness (QED) is 0.594. The standard InChI is InChI=1S/C9H12N2/c1-3-9(2)5-8-11-7-4-6-10-11/h1,4,6-7,9H,5,8H2,2H3. The fourth-order valence-electron chi connectivity index (χ4n) is 0.842. The summed E-state index contributed by atoms with van der Waals surface area (Å²) in [5, 5.41) is 4.07. The van der Waals surface area contributed by atoms with E-state index < -0.39 is 0 Å². The number of hydrogen-bond donors (Lipinski definition) is 0. The van der Waals surface area contributed by atoms with Gasteiger partial charge in [-0.15, -0.1) is 12.3 Å². The number of hydrogen-bond acceptors (Lipinski definition) is 1. The summed E-state index contributed by atoms with van der Waals surface area (Å²) >= 11 is 0. The third kappa shape index (κ3) is 2.46. The summed E-state index contributed by atoms with van der Waals surface area (Å²) in [5.74, 6) is 3.03. The molecule has 1 aromatic rings. The summed E-state index contributed by atoms with van der Waals surface area (Å²) in [4.78, 5) is 0. The largest absolute Gasteiger partial charge is 0.273 e. The van der Waals surface area contributed by atoms with Gasteiger partial charge in [-0.2, -0.15) is 5.10 Å². The van der Waals surface area contributed by atoms with E-state index >= 15 is 0 Å². The van der Waals surface area contributed by atoms with Crippen molar-refractivity contribution in [3.8, 4) is 12.3 Å². The number of aromatic nitrogens is 2. The van der Waals surface area contributed by atoms with Gasteiger partial charge in [0.15, 0.2) is 0 Å². The fraction of sp³-hybridized carbons (Fsp3) is 0.444. The van der Waals surface area contributed by atoms with Crippen LogP contribution in [-0.4, -0.2) is 9.78 Å². The van der Waals surface area contributed by atoms with Crippen molar-refractivity contribution in [3.05, 3.63) is 18.5 Å². The van der Waals surface area contributed by atoms with Gasteiger partial charge in [0.1, 0.15) is 0 Å². The first-order valence-electron chi connectivity index (χ1n) is 3.76. The van der Waals surface area contributed by atoms with E-state index in [0.29, 0.717) is 5.92 Å². The van der Waals surface area contributed by atoms with Gasteiger partial charge in [-0.25, -0.2) is 0 Å². The molecular weight excluding hydrogens is 136 g/mol. The topological polar surface area (TPSA) is 17.8 Å². The lowest BCUT2D eigenvalue weighted by Crippen LogP contribution is -2.02. The fourth-order valence-corrected chi connectivity index (χ4v) is 0.842. The smallest absolute Gasteiger partial charge is 0.0489 e. The van der Waals surface area contributed by atoms with Crippen LogP contribution in [0.15, 0.2) is 18.5 Å². The van der Waals surface area contributed by atoms with Crippen molar-refractivity contribution in [2.24, 2.45) is 5.92 Å². The summed E-state index contributed by atoms with van der Waals surface area (Å²) in [5.41, 5.74) is 0. The Labute approximate surface area is 67.2 Å². The van der Waals surface area contributed by atoms with Gasteiger partial charge in [-0.3, -0.25) is 4.68 Å². The highest BCUT2D eigenvalue weighted by Gasteiger charge is 1.96. The normalized spacial score (nSPS) is 12.4. The molecule has 0 aliphatic heterocycles. The second-order valence-electron chi connectivity index (χ2n) is 2.63. The van der Waals surface area contributed by atoms with Crippen LogP contribution in [0.25, 0.3) is 0 Å². The van der Waals surface area contributed by atoms with Gasteiger partial charge in [0.2, 0.25) is 0 Å². The molecule has 58 valence electrons. The molecule has 0 bridgehead atoms. The van der Waals surface area contributed by atoms with E-state index in [-0.39, 0.29) is 0 Å². The molecule has 2 heteroatoms. The second kappa shape index (κ2) is 3.82. The van der Waals surface area contributed by atoms with Crippen LogP contribution in [0.4, 0.5) is 0 Å². The van der Waals surface area contributed by atoms with Crippen LogP contribution in [0.5, 0.6) is 0 Å². The van der Waals surface area contributed by atoms with Crippen molar-refractivity contribution in [1.82, 2.24) is 9.78 Å². The van der Waals surface area contributed by atoms with Crippen LogP contribution in [0.1, 0.15) is 13.3 Å². The maximum atomic E-state index is 5.23. The Hall–Kier alpha value is -1.23. The molecule has 0 fully saturated rings. The molecule has 0 aliphatic rings. The molecule has 0 spiro atoms. The highest BCUT2D eigenvalue weighted by molar-refractivity contribution is 4.90. The lowest BCUT2D eigenvalue weighted by molar-refractivity contribution is 0.525. The van der Waals surface area contributed by atoms with Gasteiger partial charge in [-0.05, 0) is 12.5 Å². The molecule has 1 atom stereocenters.